The average Bonchev–Trinajstić information content (AvgIpc) is 3.56. The number of para-hydroxylation sites is 1. The van der Waals surface area contributed by atoms with Crippen molar-refractivity contribution in [2.45, 2.75) is 13.0 Å². The maximum atomic E-state index is 13.3. The predicted molar refractivity (Wildman–Crippen MR) is 142 cm³/mol. The van der Waals surface area contributed by atoms with E-state index in [1.165, 1.54) is 5.56 Å². The van der Waals surface area contributed by atoms with Gasteiger partial charge in [0.2, 0.25) is 0 Å². The van der Waals surface area contributed by atoms with Crippen molar-refractivity contribution < 1.29 is 9.53 Å². The van der Waals surface area contributed by atoms with Crippen LogP contribution in [0.1, 0.15) is 21.6 Å². The quantitative estimate of drug-likeness (QED) is 0.276. The summed E-state index contributed by atoms with van der Waals surface area (Å²) in [7, 11) is 0. The molecular formula is C28H27N7O2. The highest BCUT2D eigenvalue weighted by Gasteiger charge is 2.19. The molecule has 4 heterocycles. The summed E-state index contributed by atoms with van der Waals surface area (Å²) in [5.74, 6) is 0.549. The summed E-state index contributed by atoms with van der Waals surface area (Å²) in [6, 6.07) is 19.7. The number of hydrogen-bond donors (Lipinski definition) is 3. The first-order valence-electron chi connectivity index (χ1n) is 12.3. The number of ether oxygens (including phenoxy) is 1. The molecule has 5 aromatic rings. The second-order valence-corrected chi connectivity index (χ2v) is 9.09. The van der Waals surface area contributed by atoms with Crippen LogP contribution in [0.15, 0.2) is 73.1 Å². The van der Waals surface area contributed by atoms with E-state index in [1.807, 2.05) is 48.5 Å². The number of benzene rings is 2. The van der Waals surface area contributed by atoms with Crippen molar-refractivity contribution in [3.63, 3.8) is 0 Å². The molecule has 0 aliphatic carbocycles. The van der Waals surface area contributed by atoms with Crippen LogP contribution in [0.5, 0.6) is 0 Å². The molecule has 9 nitrogen and oxygen atoms in total. The highest BCUT2D eigenvalue weighted by Crippen LogP contribution is 2.26. The highest BCUT2D eigenvalue weighted by molar-refractivity contribution is 6.01. The molecule has 3 aromatic heterocycles. The number of nitrogens with one attached hydrogen (secondary N) is 3. The number of fused-ring (bicyclic) bond motifs is 1. The SMILES string of the molecule is O=C(Cc1cn[nH]c1-c1nc2ccc(CN3CCOCC3)cc2[nH]1)c1ncccc1Nc1ccccc1. The van der Waals surface area contributed by atoms with E-state index in [2.05, 4.69) is 42.5 Å². The lowest BCUT2D eigenvalue weighted by atomic mass is 10.1. The number of pyridine rings is 1. The Labute approximate surface area is 213 Å². The van der Waals surface area contributed by atoms with Crippen LogP contribution in [-0.4, -0.2) is 62.1 Å². The van der Waals surface area contributed by atoms with Gasteiger partial charge in [0.25, 0.3) is 0 Å². The Morgan fingerprint density at radius 2 is 1.92 bits per heavy atom. The predicted octanol–water partition coefficient (Wildman–Crippen LogP) is 4.35. The monoisotopic (exact) mass is 493 g/mol. The van der Waals surface area contributed by atoms with Crippen LogP contribution in [0.25, 0.3) is 22.6 Å². The summed E-state index contributed by atoms with van der Waals surface area (Å²) in [6.07, 6.45) is 3.45. The van der Waals surface area contributed by atoms with E-state index >= 15 is 0 Å². The standard InChI is InChI=1S/C28H27N7O2/c36-25(27-23(7-4-10-29-27)31-21-5-2-1-3-6-21)16-20-17-30-34-26(20)28-32-22-9-8-19(15-24(22)33-28)18-35-11-13-37-14-12-35/h1-10,15,17,31H,11-14,16,18H2,(H,30,34)(H,32,33). The number of carbonyl (C=O) groups excluding carboxylic acids is 1. The van der Waals surface area contributed by atoms with Crippen molar-refractivity contribution in [2.75, 3.05) is 31.6 Å². The molecule has 0 atom stereocenters. The zero-order valence-electron chi connectivity index (χ0n) is 20.3. The fraction of sp³-hybridized carbons (Fsp3) is 0.214. The van der Waals surface area contributed by atoms with E-state index in [0.717, 1.165) is 55.1 Å². The van der Waals surface area contributed by atoms with Crippen LogP contribution in [-0.2, 0) is 17.7 Å². The minimum Gasteiger partial charge on any atom is -0.379 e. The van der Waals surface area contributed by atoms with Gasteiger partial charge < -0.3 is 15.0 Å². The third kappa shape index (κ3) is 5.13. The van der Waals surface area contributed by atoms with E-state index in [9.17, 15) is 4.79 Å². The Bertz CT molecular complexity index is 1520. The molecule has 1 aliphatic rings. The number of carbonyl (C=O) groups is 1. The number of Topliss-reactive ketones (excluding diaryl/α,β-unsaturated/α-hetero) is 1. The number of morpholine rings is 1. The van der Waals surface area contributed by atoms with Crippen molar-refractivity contribution in [1.29, 1.82) is 0 Å². The summed E-state index contributed by atoms with van der Waals surface area (Å²) in [6.45, 7) is 4.31. The van der Waals surface area contributed by atoms with Crippen LogP contribution >= 0.6 is 0 Å². The van der Waals surface area contributed by atoms with Gasteiger partial charge in [0.15, 0.2) is 11.6 Å². The van der Waals surface area contributed by atoms with Gasteiger partial charge in [0.1, 0.15) is 11.4 Å². The summed E-state index contributed by atoms with van der Waals surface area (Å²) >= 11 is 0. The normalized spacial score (nSPS) is 14.2. The Morgan fingerprint density at radius 3 is 2.78 bits per heavy atom. The molecule has 0 saturated carbocycles. The summed E-state index contributed by atoms with van der Waals surface area (Å²) in [5.41, 5.74) is 6.44. The largest absolute Gasteiger partial charge is 0.379 e. The van der Waals surface area contributed by atoms with Crippen molar-refractivity contribution >= 4 is 28.2 Å². The van der Waals surface area contributed by atoms with Gasteiger partial charge in [-0.1, -0.05) is 24.3 Å². The molecule has 0 spiro atoms. The lowest BCUT2D eigenvalue weighted by molar-refractivity contribution is 0.0342. The zero-order chi connectivity index (χ0) is 25.0. The number of anilines is 2. The first-order valence-corrected chi connectivity index (χ1v) is 12.3. The summed E-state index contributed by atoms with van der Waals surface area (Å²) < 4.78 is 5.45. The minimum absolute atomic E-state index is 0.106. The fourth-order valence-electron chi connectivity index (χ4n) is 4.60. The minimum atomic E-state index is -0.106. The van der Waals surface area contributed by atoms with Crippen molar-refractivity contribution in [3.05, 3.63) is 89.9 Å². The summed E-state index contributed by atoms with van der Waals surface area (Å²) in [5, 5.41) is 10.5. The molecule has 1 aliphatic heterocycles. The van der Waals surface area contributed by atoms with Crippen LogP contribution in [0.3, 0.4) is 0 Å². The molecular weight excluding hydrogens is 466 g/mol. The van der Waals surface area contributed by atoms with E-state index in [4.69, 9.17) is 9.72 Å². The van der Waals surface area contributed by atoms with Gasteiger partial charge >= 0.3 is 0 Å². The Morgan fingerprint density at radius 1 is 1.05 bits per heavy atom. The Kier molecular flexibility index (Phi) is 6.45. The van der Waals surface area contributed by atoms with E-state index in [1.54, 1.807) is 12.4 Å². The third-order valence-electron chi connectivity index (χ3n) is 6.49. The third-order valence-corrected chi connectivity index (χ3v) is 6.49. The molecule has 0 amide bonds. The van der Waals surface area contributed by atoms with Crippen LogP contribution in [0, 0.1) is 0 Å². The molecule has 1 fully saturated rings. The number of aromatic amines is 2. The Balaban J connectivity index is 1.22. The lowest BCUT2D eigenvalue weighted by Gasteiger charge is -2.26. The second-order valence-electron chi connectivity index (χ2n) is 9.09. The zero-order valence-corrected chi connectivity index (χ0v) is 20.3. The van der Waals surface area contributed by atoms with Crippen molar-refractivity contribution in [1.82, 2.24) is 30.0 Å². The van der Waals surface area contributed by atoms with Crippen LogP contribution in [0.4, 0.5) is 11.4 Å². The molecule has 2 aromatic carbocycles. The molecule has 9 heteroatoms. The lowest BCUT2D eigenvalue weighted by Crippen LogP contribution is -2.35. The van der Waals surface area contributed by atoms with Gasteiger partial charge in [-0.3, -0.25) is 19.8 Å². The first-order chi connectivity index (χ1) is 18.2. The van der Waals surface area contributed by atoms with Gasteiger partial charge in [-0.15, -0.1) is 0 Å². The first kappa shape index (κ1) is 23.1. The average molecular weight is 494 g/mol. The maximum Gasteiger partial charge on any atom is 0.187 e. The number of nitrogens with zero attached hydrogens (tertiary/aromatic N) is 4. The number of imidazole rings is 1. The number of aromatic nitrogens is 5. The van der Waals surface area contributed by atoms with Gasteiger partial charge in [-0.25, -0.2) is 4.98 Å². The molecule has 186 valence electrons. The smallest absolute Gasteiger partial charge is 0.187 e. The maximum absolute atomic E-state index is 13.3. The number of ketones is 1. The molecule has 0 radical (unpaired) electrons. The molecule has 3 N–H and O–H groups in total. The van der Waals surface area contributed by atoms with E-state index < -0.39 is 0 Å². The number of hydrogen-bond acceptors (Lipinski definition) is 7. The fourth-order valence-corrected chi connectivity index (χ4v) is 4.60. The molecule has 6 rings (SSSR count). The van der Waals surface area contributed by atoms with Gasteiger partial charge in [0, 0.05) is 43.5 Å². The second kappa shape index (κ2) is 10.3. The highest BCUT2D eigenvalue weighted by atomic mass is 16.5. The van der Waals surface area contributed by atoms with Crippen LogP contribution < -0.4 is 5.32 Å². The van der Waals surface area contributed by atoms with Gasteiger partial charge in [-0.05, 0) is 42.0 Å². The van der Waals surface area contributed by atoms with Gasteiger partial charge in [0.05, 0.1) is 36.1 Å². The molecule has 1 saturated heterocycles. The van der Waals surface area contributed by atoms with E-state index in [-0.39, 0.29) is 12.2 Å². The molecule has 0 bridgehead atoms. The van der Waals surface area contributed by atoms with Gasteiger partial charge in [-0.2, -0.15) is 5.10 Å². The summed E-state index contributed by atoms with van der Waals surface area (Å²) in [4.78, 5) is 28.3. The van der Waals surface area contributed by atoms with Crippen molar-refractivity contribution in [2.24, 2.45) is 0 Å². The molecule has 37 heavy (non-hydrogen) atoms. The van der Waals surface area contributed by atoms with Crippen LogP contribution in [0.2, 0.25) is 0 Å². The topological polar surface area (TPSA) is 112 Å². The van der Waals surface area contributed by atoms with Crippen molar-refractivity contribution in [3.8, 4) is 11.5 Å². The number of rotatable bonds is 8. The Hall–Kier alpha value is -4.34. The van der Waals surface area contributed by atoms with E-state index in [0.29, 0.717) is 22.9 Å². The number of H-pyrrole nitrogens is 2. The molecule has 0 unspecified atom stereocenters.